The van der Waals surface area contributed by atoms with E-state index in [2.05, 4.69) is 0 Å². The average Bonchev–Trinajstić information content (AvgIpc) is 0. The van der Waals surface area contributed by atoms with Gasteiger partial charge in [0.25, 0.3) is 0 Å². The molecule has 36 valence electrons. The summed E-state index contributed by atoms with van der Waals surface area (Å²) in [5, 5.41) is 0. The van der Waals surface area contributed by atoms with Gasteiger partial charge in [0.15, 0.2) is 0 Å². The molecule has 0 aromatic heterocycles. The molecule has 0 fully saturated rings. The fraction of sp³-hybridized carbons (Fsp3) is 0. The minimum atomic E-state index is 0. The first kappa shape index (κ1) is 44.5. The first-order valence-corrected chi connectivity index (χ1v) is 0. The lowest BCUT2D eigenvalue weighted by atomic mass is 12.0. The van der Waals surface area contributed by atoms with E-state index in [4.69, 9.17) is 0 Å². The van der Waals surface area contributed by atoms with E-state index in [1.165, 1.54) is 0 Å². The van der Waals surface area contributed by atoms with Crippen molar-refractivity contribution in [2.45, 2.75) is 0 Å². The van der Waals surface area contributed by atoms with Crippen LogP contribution >= 0.6 is 95.9 Å². The Kier molecular flexibility index (Phi) is 253. The van der Waals surface area contributed by atoms with E-state index < -0.39 is 0 Å². The molecule has 0 aromatic carbocycles. The Morgan fingerprint density at radius 2 is 0.400 bits per heavy atom. The Morgan fingerprint density at radius 1 is 0.400 bits per heavy atom. The molecule has 4 heteroatoms. The quantitative estimate of drug-likeness (QED) is 0.429. The van der Waals surface area contributed by atoms with Crippen molar-refractivity contribution >= 4 is 95.9 Å². The smallest absolute Gasteiger partial charge is 0 e. The SMILES string of the molecule is I.I.I.I.[C]. The molecular formula is CH4I4. The van der Waals surface area contributed by atoms with Crippen molar-refractivity contribution in [3.8, 4) is 0 Å². The van der Waals surface area contributed by atoms with Crippen LogP contribution in [0.2, 0.25) is 0 Å². The summed E-state index contributed by atoms with van der Waals surface area (Å²) in [6.07, 6.45) is 0. The van der Waals surface area contributed by atoms with Gasteiger partial charge in [0.2, 0.25) is 0 Å². The van der Waals surface area contributed by atoms with Crippen LogP contribution in [-0.4, -0.2) is 0 Å². The van der Waals surface area contributed by atoms with Crippen molar-refractivity contribution in [3.63, 3.8) is 0 Å². The van der Waals surface area contributed by atoms with Crippen molar-refractivity contribution in [1.82, 2.24) is 0 Å². The molecule has 0 nitrogen and oxygen atoms in total. The minimum absolute atomic E-state index is 0. The third-order valence-electron chi connectivity index (χ3n) is 0. The maximum absolute atomic E-state index is 0. The Morgan fingerprint density at radius 3 is 0.400 bits per heavy atom. The molecule has 0 aliphatic heterocycles. The van der Waals surface area contributed by atoms with Gasteiger partial charge in [-0.3, -0.25) is 0 Å². The molecule has 0 amide bonds. The molecule has 0 aliphatic rings. The highest BCUT2D eigenvalue weighted by Gasteiger charge is 0.0000383. The Labute approximate surface area is 101 Å². The average molecular weight is 524 g/mol. The van der Waals surface area contributed by atoms with Crippen LogP contribution in [0, 0.1) is 7.43 Å². The zero-order valence-corrected chi connectivity index (χ0v) is 11.5. The van der Waals surface area contributed by atoms with Crippen LogP contribution in [0.5, 0.6) is 0 Å². The third kappa shape index (κ3) is 19.6. The predicted octanol–water partition coefficient (Wildman–Crippen LogP) is 2.55. The molecule has 0 spiro atoms. The minimum Gasteiger partial charge on any atom is -0.107 e. The molecule has 0 aliphatic carbocycles. The van der Waals surface area contributed by atoms with E-state index in [0.717, 1.165) is 0 Å². The summed E-state index contributed by atoms with van der Waals surface area (Å²) in [5.74, 6) is 0. The summed E-state index contributed by atoms with van der Waals surface area (Å²) in [6.45, 7) is 0. The highest BCUT2D eigenvalue weighted by atomic mass is 127. The molecular weight excluding hydrogens is 520 g/mol. The fourth-order valence-corrected chi connectivity index (χ4v) is 0. The van der Waals surface area contributed by atoms with Crippen LogP contribution in [0.15, 0.2) is 0 Å². The zero-order valence-electron chi connectivity index (χ0n) is 2.13. The van der Waals surface area contributed by atoms with Crippen LogP contribution in [0.25, 0.3) is 0 Å². The summed E-state index contributed by atoms with van der Waals surface area (Å²) in [5.41, 5.74) is 0. The maximum atomic E-state index is 0. The lowest BCUT2D eigenvalue weighted by molar-refractivity contribution is 3.24. The van der Waals surface area contributed by atoms with Gasteiger partial charge in [0.1, 0.15) is 0 Å². The van der Waals surface area contributed by atoms with Gasteiger partial charge in [-0.1, -0.05) is 0 Å². The van der Waals surface area contributed by atoms with E-state index in [1.54, 1.807) is 0 Å². The topological polar surface area (TPSA) is 0 Å². The molecule has 0 saturated carbocycles. The molecule has 4 radical (unpaired) electrons. The summed E-state index contributed by atoms with van der Waals surface area (Å²) < 4.78 is 0. The Bertz CT molecular complexity index is 3.61. The van der Waals surface area contributed by atoms with Gasteiger partial charge >= 0.3 is 0 Å². The van der Waals surface area contributed by atoms with Gasteiger partial charge < -0.3 is 0 Å². The van der Waals surface area contributed by atoms with Gasteiger partial charge in [0.05, 0.1) is 0 Å². The van der Waals surface area contributed by atoms with Crippen LogP contribution in [0.3, 0.4) is 0 Å². The molecule has 0 N–H and O–H groups in total. The molecule has 0 bridgehead atoms. The van der Waals surface area contributed by atoms with E-state index in [9.17, 15) is 0 Å². The van der Waals surface area contributed by atoms with Crippen molar-refractivity contribution < 1.29 is 0 Å². The normalized spacial score (nSPS) is 0. The summed E-state index contributed by atoms with van der Waals surface area (Å²) in [6, 6.07) is 0. The molecule has 0 unspecified atom stereocenters. The van der Waals surface area contributed by atoms with E-state index in [-0.39, 0.29) is 103 Å². The molecule has 0 atom stereocenters. The molecule has 0 rings (SSSR count). The summed E-state index contributed by atoms with van der Waals surface area (Å²) in [4.78, 5) is 0. The molecule has 0 saturated heterocycles. The Balaban J connectivity index is 0. The predicted molar refractivity (Wildman–Crippen MR) is 64.9 cm³/mol. The fourth-order valence-electron chi connectivity index (χ4n) is 0. The van der Waals surface area contributed by atoms with E-state index in [0.29, 0.717) is 0 Å². The molecule has 0 heterocycles. The van der Waals surface area contributed by atoms with E-state index >= 15 is 0 Å². The summed E-state index contributed by atoms with van der Waals surface area (Å²) in [7, 11) is 0. The standard InChI is InChI=1S/C.4HI/h;4*1H. The van der Waals surface area contributed by atoms with Gasteiger partial charge in [0, 0.05) is 7.43 Å². The second kappa shape index (κ2) is 28.4. The number of halogens is 4. The maximum Gasteiger partial charge on any atom is 0 e. The summed E-state index contributed by atoms with van der Waals surface area (Å²) >= 11 is 0. The lowest BCUT2D eigenvalue weighted by Gasteiger charge is -0.108. The first-order valence-electron chi connectivity index (χ1n) is 0. The van der Waals surface area contributed by atoms with Crippen molar-refractivity contribution in [2.75, 3.05) is 0 Å². The van der Waals surface area contributed by atoms with Crippen molar-refractivity contribution in [2.24, 2.45) is 0 Å². The van der Waals surface area contributed by atoms with E-state index in [1.807, 2.05) is 0 Å². The van der Waals surface area contributed by atoms with Gasteiger partial charge in [-0.05, 0) is 0 Å². The highest BCUT2D eigenvalue weighted by Crippen LogP contribution is 0.889. The molecule has 5 heavy (non-hydrogen) atoms. The van der Waals surface area contributed by atoms with Crippen LogP contribution in [-0.2, 0) is 0 Å². The van der Waals surface area contributed by atoms with Gasteiger partial charge in [-0.25, -0.2) is 0 Å². The van der Waals surface area contributed by atoms with Gasteiger partial charge in [-0.15, -0.1) is 95.9 Å². The molecule has 0 aromatic rings. The number of rotatable bonds is 0. The van der Waals surface area contributed by atoms with Crippen molar-refractivity contribution in [3.05, 3.63) is 7.43 Å². The first-order chi connectivity index (χ1) is 0. The lowest BCUT2D eigenvalue weighted by Crippen LogP contribution is 0.0813. The third-order valence-corrected chi connectivity index (χ3v) is 0. The second-order valence-corrected chi connectivity index (χ2v) is 0. The van der Waals surface area contributed by atoms with Crippen LogP contribution < -0.4 is 0 Å². The monoisotopic (exact) mass is 524 g/mol. The largest absolute Gasteiger partial charge is 0.107 e. The second-order valence-electron chi connectivity index (χ2n) is 0. The number of hydrogen-bond acceptors (Lipinski definition) is 0. The highest BCUT2D eigenvalue weighted by molar-refractivity contribution is 14.0. The zero-order chi connectivity index (χ0) is 0. The van der Waals surface area contributed by atoms with Crippen LogP contribution in [0.1, 0.15) is 0 Å². The van der Waals surface area contributed by atoms with Crippen molar-refractivity contribution in [1.29, 1.82) is 0 Å². The number of hydrogen-bond donors (Lipinski definition) is 0. The van der Waals surface area contributed by atoms with Gasteiger partial charge in [-0.2, -0.15) is 0 Å². The Hall–Kier alpha value is 2.92. The van der Waals surface area contributed by atoms with Crippen LogP contribution in [0.4, 0.5) is 0 Å².